The van der Waals surface area contributed by atoms with E-state index in [1.807, 2.05) is 12.1 Å². The molecule has 3 rings (SSSR count). The fraction of sp³-hybridized carbons (Fsp3) is 0.333. The molecule has 104 valence electrons. The summed E-state index contributed by atoms with van der Waals surface area (Å²) in [4.78, 5) is 14.4. The van der Waals surface area contributed by atoms with E-state index in [0.29, 0.717) is 5.56 Å². The van der Waals surface area contributed by atoms with E-state index in [-0.39, 0.29) is 5.91 Å². The maximum Gasteiger partial charge on any atom is 0.258 e. The predicted molar refractivity (Wildman–Crippen MR) is 79.1 cm³/mol. The van der Waals surface area contributed by atoms with Crippen LogP contribution in [0.25, 0.3) is 0 Å². The average Bonchev–Trinajstić information content (AvgIpc) is 3.10. The van der Waals surface area contributed by atoms with Crippen LogP contribution in [-0.2, 0) is 7.05 Å². The van der Waals surface area contributed by atoms with Crippen LogP contribution in [0.3, 0.4) is 0 Å². The standard InChI is InChI=1S/C15H18N4O/c1-18-11-12(10-16-18)15(20)17-13-4-6-14(7-5-13)19-8-2-3-9-19/h4-7,10-11H,2-3,8-9H2,1H3,(H,17,20). The van der Waals surface area contributed by atoms with Crippen LogP contribution >= 0.6 is 0 Å². The second-order valence-electron chi connectivity index (χ2n) is 5.10. The number of aryl methyl sites for hydroxylation is 1. The molecule has 0 unspecified atom stereocenters. The van der Waals surface area contributed by atoms with E-state index in [2.05, 4.69) is 27.4 Å². The molecule has 1 N–H and O–H groups in total. The minimum atomic E-state index is -0.132. The number of hydrogen-bond acceptors (Lipinski definition) is 3. The Morgan fingerprint density at radius 1 is 1.20 bits per heavy atom. The van der Waals surface area contributed by atoms with Crippen LogP contribution < -0.4 is 10.2 Å². The third kappa shape index (κ3) is 2.66. The monoisotopic (exact) mass is 270 g/mol. The molecule has 0 saturated carbocycles. The smallest absolute Gasteiger partial charge is 0.258 e. The van der Waals surface area contributed by atoms with Gasteiger partial charge >= 0.3 is 0 Å². The molecular weight excluding hydrogens is 252 g/mol. The Labute approximate surface area is 118 Å². The molecule has 2 heterocycles. The summed E-state index contributed by atoms with van der Waals surface area (Å²) in [6, 6.07) is 8.01. The molecule has 1 aliphatic heterocycles. The number of rotatable bonds is 3. The number of hydrogen-bond donors (Lipinski definition) is 1. The summed E-state index contributed by atoms with van der Waals surface area (Å²) in [5, 5.41) is 6.87. The molecule has 0 spiro atoms. The molecule has 0 atom stereocenters. The lowest BCUT2D eigenvalue weighted by molar-refractivity contribution is 0.102. The van der Waals surface area contributed by atoms with Crippen molar-refractivity contribution < 1.29 is 4.79 Å². The van der Waals surface area contributed by atoms with E-state index >= 15 is 0 Å². The summed E-state index contributed by atoms with van der Waals surface area (Å²) in [6.45, 7) is 2.25. The van der Waals surface area contributed by atoms with Gasteiger partial charge in [-0.3, -0.25) is 9.48 Å². The first-order valence-electron chi connectivity index (χ1n) is 6.87. The van der Waals surface area contributed by atoms with Crippen molar-refractivity contribution in [2.75, 3.05) is 23.3 Å². The van der Waals surface area contributed by atoms with Gasteiger partial charge in [-0.1, -0.05) is 0 Å². The van der Waals surface area contributed by atoms with E-state index in [1.165, 1.54) is 18.5 Å². The lowest BCUT2D eigenvalue weighted by Crippen LogP contribution is -2.17. The molecule has 1 saturated heterocycles. The number of carbonyl (C=O) groups is 1. The van der Waals surface area contributed by atoms with Crippen LogP contribution in [0, 0.1) is 0 Å². The van der Waals surface area contributed by atoms with Gasteiger partial charge in [0, 0.05) is 37.7 Å². The lowest BCUT2D eigenvalue weighted by atomic mass is 10.2. The van der Waals surface area contributed by atoms with Crippen LogP contribution in [0.4, 0.5) is 11.4 Å². The number of nitrogens with zero attached hydrogens (tertiary/aromatic N) is 3. The Bertz CT molecular complexity index is 597. The van der Waals surface area contributed by atoms with Crippen molar-refractivity contribution in [3.05, 3.63) is 42.2 Å². The highest BCUT2D eigenvalue weighted by Crippen LogP contribution is 2.22. The fourth-order valence-electron chi connectivity index (χ4n) is 2.47. The van der Waals surface area contributed by atoms with Gasteiger partial charge in [0.05, 0.1) is 11.8 Å². The SMILES string of the molecule is Cn1cc(C(=O)Nc2ccc(N3CCCC3)cc2)cn1. The zero-order valence-corrected chi connectivity index (χ0v) is 11.5. The van der Waals surface area contributed by atoms with Crippen LogP contribution in [0.1, 0.15) is 23.2 Å². The first-order valence-corrected chi connectivity index (χ1v) is 6.87. The third-order valence-electron chi connectivity index (χ3n) is 3.56. The molecule has 1 amide bonds. The summed E-state index contributed by atoms with van der Waals surface area (Å²) in [6.07, 6.45) is 5.79. The Kier molecular flexibility index (Phi) is 3.41. The molecule has 20 heavy (non-hydrogen) atoms. The molecule has 1 aromatic carbocycles. The number of nitrogens with one attached hydrogen (secondary N) is 1. The summed E-state index contributed by atoms with van der Waals surface area (Å²) in [7, 11) is 1.79. The number of benzene rings is 1. The second kappa shape index (κ2) is 5.36. The van der Waals surface area contributed by atoms with Crippen LogP contribution in [-0.4, -0.2) is 28.8 Å². The molecule has 5 nitrogen and oxygen atoms in total. The van der Waals surface area contributed by atoms with Gasteiger partial charge in [-0.15, -0.1) is 0 Å². The van der Waals surface area contributed by atoms with Crippen LogP contribution in [0.15, 0.2) is 36.7 Å². The van der Waals surface area contributed by atoms with Crippen LogP contribution in [0.5, 0.6) is 0 Å². The average molecular weight is 270 g/mol. The van der Waals surface area contributed by atoms with Gasteiger partial charge in [0.25, 0.3) is 5.91 Å². The fourth-order valence-corrected chi connectivity index (χ4v) is 2.47. The highest BCUT2D eigenvalue weighted by atomic mass is 16.1. The zero-order valence-electron chi connectivity index (χ0n) is 11.5. The summed E-state index contributed by atoms with van der Waals surface area (Å²) in [5.41, 5.74) is 2.60. The molecule has 1 fully saturated rings. The number of anilines is 2. The van der Waals surface area contributed by atoms with Crippen LogP contribution in [0.2, 0.25) is 0 Å². The van der Waals surface area contributed by atoms with Crippen molar-refractivity contribution in [3.8, 4) is 0 Å². The minimum absolute atomic E-state index is 0.132. The molecule has 0 radical (unpaired) electrons. The quantitative estimate of drug-likeness (QED) is 0.931. The van der Waals surface area contributed by atoms with E-state index in [1.54, 1.807) is 24.1 Å². The van der Waals surface area contributed by atoms with Gasteiger partial charge in [0.15, 0.2) is 0 Å². The molecule has 0 bridgehead atoms. The Morgan fingerprint density at radius 3 is 2.50 bits per heavy atom. The van der Waals surface area contributed by atoms with E-state index < -0.39 is 0 Å². The van der Waals surface area contributed by atoms with E-state index in [0.717, 1.165) is 18.8 Å². The molecule has 5 heteroatoms. The van der Waals surface area contributed by atoms with E-state index in [4.69, 9.17) is 0 Å². The highest BCUT2D eigenvalue weighted by Gasteiger charge is 2.12. The molecule has 2 aromatic rings. The number of carbonyl (C=O) groups excluding carboxylic acids is 1. The Hall–Kier alpha value is -2.30. The van der Waals surface area contributed by atoms with Gasteiger partial charge in [0.1, 0.15) is 0 Å². The molecule has 0 aliphatic carbocycles. The first kappa shape index (κ1) is 12.7. The summed E-state index contributed by atoms with van der Waals surface area (Å²) < 4.78 is 1.62. The normalized spacial score (nSPS) is 14.6. The van der Waals surface area contributed by atoms with Crippen molar-refractivity contribution in [3.63, 3.8) is 0 Å². The molecule has 1 aliphatic rings. The van der Waals surface area contributed by atoms with Crippen molar-refractivity contribution in [2.24, 2.45) is 7.05 Å². The van der Waals surface area contributed by atoms with Crippen molar-refractivity contribution >= 4 is 17.3 Å². The topological polar surface area (TPSA) is 50.2 Å². The Balaban J connectivity index is 1.67. The maximum atomic E-state index is 12.0. The van der Waals surface area contributed by atoms with Gasteiger partial charge < -0.3 is 10.2 Å². The molecular formula is C15H18N4O. The molecule has 1 aromatic heterocycles. The van der Waals surface area contributed by atoms with Gasteiger partial charge in [-0.2, -0.15) is 5.10 Å². The highest BCUT2D eigenvalue weighted by molar-refractivity contribution is 6.03. The maximum absolute atomic E-state index is 12.0. The number of aromatic nitrogens is 2. The Morgan fingerprint density at radius 2 is 1.90 bits per heavy atom. The van der Waals surface area contributed by atoms with Crippen molar-refractivity contribution in [1.29, 1.82) is 0 Å². The lowest BCUT2D eigenvalue weighted by Gasteiger charge is -2.17. The van der Waals surface area contributed by atoms with Crippen molar-refractivity contribution in [1.82, 2.24) is 9.78 Å². The second-order valence-corrected chi connectivity index (χ2v) is 5.10. The van der Waals surface area contributed by atoms with Crippen molar-refractivity contribution in [2.45, 2.75) is 12.8 Å². The third-order valence-corrected chi connectivity index (χ3v) is 3.56. The predicted octanol–water partition coefficient (Wildman–Crippen LogP) is 2.27. The van der Waals surface area contributed by atoms with Gasteiger partial charge in [-0.05, 0) is 37.1 Å². The minimum Gasteiger partial charge on any atom is -0.372 e. The number of amides is 1. The van der Waals surface area contributed by atoms with E-state index in [9.17, 15) is 4.79 Å². The first-order chi connectivity index (χ1) is 9.72. The largest absolute Gasteiger partial charge is 0.372 e. The van der Waals surface area contributed by atoms with Gasteiger partial charge in [-0.25, -0.2) is 0 Å². The summed E-state index contributed by atoms with van der Waals surface area (Å²) >= 11 is 0. The zero-order chi connectivity index (χ0) is 13.9. The van der Waals surface area contributed by atoms with Gasteiger partial charge in [0.2, 0.25) is 0 Å². The summed E-state index contributed by atoms with van der Waals surface area (Å²) in [5.74, 6) is -0.132.